The zero-order valence-corrected chi connectivity index (χ0v) is 12.3. The standard InChI is InChI=1S/C18H27N/c1-15-13-18-10-6-5-9-17(18)11-12-19(15)14-16-7-3-2-4-8-16/h5-6,9-10,15-16H,2-4,7-8,11-14H2,1H3/t15-/m1/s1. The van der Waals surface area contributed by atoms with Crippen LogP contribution in [0.2, 0.25) is 0 Å². The first-order valence-corrected chi connectivity index (χ1v) is 8.14. The Morgan fingerprint density at radius 2 is 1.79 bits per heavy atom. The fourth-order valence-electron chi connectivity index (χ4n) is 3.90. The summed E-state index contributed by atoms with van der Waals surface area (Å²) in [4.78, 5) is 2.76. The van der Waals surface area contributed by atoms with Crippen molar-refractivity contribution in [1.29, 1.82) is 0 Å². The van der Waals surface area contributed by atoms with Crippen LogP contribution in [0.1, 0.15) is 50.2 Å². The van der Waals surface area contributed by atoms with E-state index >= 15 is 0 Å². The van der Waals surface area contributed by atoms with Crippen LogP contribution in [0.25, 0.3) is 0 Å². The summed E-state index contributed by atoms with van der Waals surface area (Å²) in [7, 11) is 0. The van der Waals surface area contributed by atoms with Gasteiger partial charge in [0.15, 0.2) is 0 Å². The maximum Gasteiger partial charge on any atom is 0.0108 e. The third-order valence-corrected chi connectivity index (χ3v) is 5.14. The second-order valence-corrected chi connectivity index (χ2v) is 6.57. The molecule has 1 atom stereocenters. The molecule has 3 rings (SSSR count). The van der Waals surface area contributed by atoms with Crippen LogP contribution in [0, 0.1) is 5.92 Å². The molecule has 0 amide bonds. The molecule has 0 bridgehead atoms. The van der Waals surface area contributed by atoms with Gasteiger partial charge in [0.05, 0.1) is 0 Å². The van der Waals surface area contributed by atoms with E-state index in [1.54, 1.807) is 11.1 Å². The molecule has 2 aliphatic rings. The number of hydrogen-bond donors (Lipinski definition) is 0. The maximum absolute atomic E-state index is 2.76. The van der Waals surface area contributed by atoms with Gasteiger partial charge >= 0.3 is 0 Å². The van der Waals surface area contributed by atoms with Crippen molar-refractivity contribution in [1.82, 2.24) is 4.90 Å². The smallest absolute Gasteiger partial charge is 0.0108 e. The largest absolute Gasteiger partial charge is 0.300 e. The summed E-state index contributed by atoms with van der Waals surface area (Å²) in [5.74, 6) is 0.970. The van der Waals surface area contributed by atoms with Gasteiger partial charge in [0, 0.05) is 19.1 Å². The molecular weight excluding hydrogens is 230 g/mol. The fraction of sp³-hybridized carbons (Fsp3) is 0.667. The Bertz CT molecular complexity index is 406. The lowest BCUT2D eigenvalue weighted by atomic mass is 9.88. The fourth-order valence-corrected chi connectivity index (χ4v) is 3.90. The van der Waals surface area contributed by atoms with Crippen LogP contribution in [0.15, 0.2) is 24.3 Å². The van der Waals surface area contributed by atoms with Crippen molar-refractivity contribution in [2.24, 2.45) is 5.92 Å². The first-order valence-electron chi connectivity index (χ1n) is 8.14. The van der Waals surface area contributed by atoms with Gasteiger partial charge < -0.3 is 0 Å². The van der Waals surface area contributed by atoms with Crippen LogP contribution < -0.4 is 0 Å². The lowest BCUT2D eigenvalue weighted by Crippen LogP contribution is -2.38. The van der Waals surface area contributed by atoms with Crippen LogP contribution in [0.3, 0.4) is 0 Å². The third-order valence-electron chi connectivity index (χ3n) is 5.14. The second-order valence-electron chi connectivity index (χ2n) is 6.57. The Morgan fingerprint density at radius 3 is 2.58 bits per heavy atom. The summed E-state index contributed by atoms with van der Waals surface area (Å²) in [5, 5.41) is 0. The molecule has 1 aliphatic carbocycles. The van der Waals surface area contributed by atoms with Crippen LogP contribution in [0.5, 0.6) is 0 Å². The molecule has 1 aliphatic heterocycles. The first-order chi connectivity index (χ1) is 9.33. The monoisotopic (exact) mass is 257 g/mol. The highest BCUT2D eigenvalue weighted by Crippen LogP contribution is 2.27. The SMILES string of the molecule is C[C@@H]1Cc2ccccc2CCN1CC1CCCCC1. The molecule has 0 spiro atoms. The molecule has 1 heterocycles. The van der Waals surface area contributed by atoms with Gasteiger partial charge in [0.25, 0.3) is 0 Å². The summed E-state index contributed by atoms with van der Waals surface area (Å²) in [6.07, 6.45) is 9.82. The Morgan fingerprint density at radius 1 is 1.05 bits per heavy atom. The quantitative estimate of drug-likeness (QED) is 0.772. The molecule has 0 radical (unpaired) electrons. The highest BCUT2D eigenvalue weighted by molar-refractivity contribution is 5.29. The van der Waals surface area contributed by atoms with E-state index in [0.29, 0.717) is 6.04 Å². The summed E-state index contributed by atoms with van der Waals surface area (Å²) in [5.41, 5.74) is 3.17. The number of hydrogen-bond acceptors (Lipinski definition) is 1. The summed E-state index contributed by atoms with van der Waals surface area (Å²) in [6.45, 7) is 5.02. The van der Waals surface area contributed by atoms with Crippen molar-refractivity contribution in [3.63, 3.8) is 0 Å². The van der Waals surface area contributed by atoms with Gasteiger partial charge in [0.1, 0.15) is 0 Å². The Balaban J connectivity index is 1.65. The molecular formula is C18H27N. The van der Waals surface area contributed by atoms with Crippen LogP contribution in [-0.2, 0) is 12.8 Å². The molecule has 0 aromatic heterocycles. The number of nitrogens with zero attached hydrogens (tertiary/aromatic N) is 1. The van der Waals surface area contributed by atoms with Crippen molar-refractivity contribution < 1.29 is 0 Å². The van der Waals surface area contributed by atoms with Crippen LogP contribution >= 0.6 is 0 Å². The molecule has 1 aromatic rings. The highest BCUT2D eigenvalue weighted by atomic mass is 15.2. The average Bonchev–Trinajstić information content (AvgIpc) is 2.60. The van der Waals surface area contributed by atoms with Gasteiger partial charge in [-0.15, -0.1) is 0 Å². The van der Waals surface area contributed by atoms with E-state index in [2.05, 4.69) is 36.1 Å². The molecule has 1 fully saturated rings. The zero-order chi connectivity index (χ0) is 13.1. The molecule has 1 nitrogen and oxygen atoms in total. The first kappa shape index (κ1) is 13.2. The number of benzene rings is 1. The topological polar surface area (TPSA) is 3.24 Å². The Kier molecular flexibility index (Phi) is 4.22. The Labute approximate surface area is 118 Å². The Hall–Kier alpha value is -0.820. The lowest BCUT2D eigenvalue weighted by molar-refractivity contribution is 0.162. The molecule has 0 unspecified atom stereocenters. The van der Waals surface area contributed by atoms with E-state index in [9.17, 15) is 0 Å². The normalized spacial score (nSPS) is 25.8. The van der Waals surface area contributed by atoms with Crippen molar-refractivity contribution in [3.8, 4) is 0 Å². The van der Waals surface area contributed by atoms with Crippen molar-refractivity contribution in [2.75, 3.05) is 13.1 Å². The van der Waals surface area contributed by atoms with Gasteiger partial charge in [-0.3, -0.25) is 4.90 Å². The summed E-state index contributed by atoms with van der Waals surface area (Å²) < 4.78 is 0. The lowest BCUT2D eigenvalue weighted by Gasteiger charge is -2.32. The predicted molar refractivity (Wildman–Crippen MR) is 81.5 cm³/mol. The summed E-state index contributed by atoms with van der Waals surface area (Å²) in [6, 6.07) is 9.76. The average molecular weight is 257 g/mol. The molecule has 0 N–H and O–H groups in total. The minimum Gasteiger partial charge on any atom is -0.300 e. The van der Waals surface area contributed by atoms with E-state index in [4.69, 9.17) is 0 Å². The maximum atomic E-state index is 2.76. The van der Waals surface area contributed by atoms with Crippen LogP contribution in [0.4, 0.5) is 0 Å². The zero-order valence-electron chi connectivity index (χ0n) is 12.3. The molecule has 0 saturated heterocycles. The van der Waals surface area contributed by atoms with Crippen LogP contribution in [-0.4, -0.2) is 24.0 Å². The van der Waals surface area contributed by atoms with E-state index < -0.39 is 0 Å². The molecule has 19 heavy (non-hydrogen) atoms. The molecule has 104 valence electrons. The minimum absolute atomic E-state index is 0.713. The number of rotatable bonds is 2. The van der Waals surface area contributed by atoms with Gasteiger partial charge in [-0.25, -0.2) is 0 Å². The van der Waals surface area contributed by atoms with Crippen molar-refractivity contribution in [2.45, 2.75) is 57.9 Å². The molecule has 1 aromatic carbocycles. The highest BCUT2D eigenvalue weighted by Gasteiger charge is 2.23. The van der Waals surface area contributed by atoms with Crippen molar-refractivity contribution >= 4 is 0 Å². The van der Waals surface area contributed by atoms with Gasteiger partial charge in [0.2, 0.25) is 0 Å². The summed E-state index contributed by atoms with van der Waals surface area (Å²) >= 11 is 0. The van der Waals surface area contributed by atoms with Gasteiger partial charge in [-0.2, -0.15) is 0 Å². The van der Waals surface area contributed by atoms with E-state index in [1.807, 2.05) is 0 Å². The van der Waals surface area contributed by atoms with Gasteiger partial charge in [-0.1, -0.05) is 43.5 Å². The van der Waals surface area contributed by atoms with E-state index in [-0.39, 0.29) is 0 Å². The third kappa shape index (κ3) is 3.20. The number of fused-ring (bicyclic) bond motifs is 1. The van der Waals surface area contributed by atoms with E-state index in [0.717, 1.165) is 5.92 Å². The predicted octanol–water partition coefficient (Wildman–Crippen LogP) is 4.06. The van der Waals surface area contributed by atoms with E-state index in [1.165, 1.54) is 58.0 Å². The molecule has 1 heteroatoms. The van der Waals surface area contributed by atoms with Gasteiger partial charge in [-0.05, 0) is 49.7 Å². The molecule has 1 saturated carbocycles. The van der Waals surface area contributed by atoms with Crippen molar-refractivity contribution in [3.05, 3.63) is 35.4 Å². The second kappa shape index (κ2) is 6.09. The minimum atomic E-state index is 0.713.